The van der Waals surface area contributed by atoms with Gasteiger partial charge in [0.2, 0.25) is 12.4 Å². The molecule has 48 heavy (non-hydrogen) atoms. The van der Waals surface area contributed by atoms with Gasteiger partial charge in [-0.3, -0.25) is 24.0 Å². The maximum atomic E-state index is 12.6. The lowest BCUT2D eigenvalue weighted by Gasteiger charge is -2.43. The molecule has 0 saturated carbocycles. The van der Waals surface area contributed by atoms with Crippen molar-refractivity contribution in [2.45, 2.75) is 58.4 Å². The highest BCUT2D eigenvalue weighted by Crippen LogP contribution is 2.34. The molecule has 1 amide bonds. The number of amides is 1. The Hall–Kier alpha value is -4.68. The van der Waals surface area contributed by atoms with Crippen molar-refractivity contribution >= 4 is 29.8 Å². The maximum Gasteiger partial charge on any atom is 0.303 e. The summed E-state index contributed by atoms with van der Waals surface area (Å²) in [6, 6.07) is 3.73. The van der Waals surface area contributed by atoms with Crippen LogP contribution in [0.15, 0.2) is 23.3 Å². The number of azide groups is 1. The van der Waals surface area contributed by atoms with E-state index in [2.05, 4.69) is 15.3 Å². The number of phenols is 1. The first-order chi connectivity index (χ1) is 22.9. The van der Waals surface area contributed by atoms with Crippen molar-refractivity contribution in [3.8, 4) is 11.5 Å². The molecule has 0 aliphatic carbocycles. The van der Waals surface area contributed by atoms with Gasteiger partial charge in [-0.15, -0.1) is 0 Å². The zero-order valence-electron chi connectivity index (χ0n) is 27.0. The van der Waals surface area contributed by atoms with Crippen molar-refractivity contribution in [1.82, 2.24) is 5.32 Å². The lowest BCUT2D eigenvalue weighted by atomic mass is 9.98. The van der Waals surface area contributed by atoms with E-state index in [1.807, 2.05) is 0 Å². The smallest absolute Gasteiger partial charge is 0.303 e. The monoisotopic (exact) mass is 684 g/mol. The fourth-order valence-corrected chi connectivity index (χ4v) is 4.20. The highest BCUT2D eigenvalue weighted by Gasteiger charge is 2.53. The molecule has 1 aromatic carbocycles. The summed E-state index contributed by atoms with van der Waals surface area (Å²) in [5.41, 5.74) is 8.25. The van der Waals surface area contributed by atoms with Crippen LogP contribution in [0.5, 0.6) is 11.5 Å². The van der Waals surface area contributed by atoms with Gasteiger partial charge in [0.05, 0.1) is 39.6 Å². The summed E-state index contributed by atoms with van der Waals surface area (Å²) in [4.78, 5) is 62.7. The van der Waals surface area contributed by atoms with Crippen LogP contribution in [0.4, 0.5) is 0 Å². The number of ether oxygens (including phenoxy) is 9. The summed E-state index contributed by atoms with van der Waals surface area (Å²) in [5.74, 6) is -4.36. The van der Waals surface area contributed by atoms with Gasteiger partial charge in [0.15, 0.2) is 23.7 Å². The molecule has 0 spiro atoms. The molecular weight excluding hydrogens is 644 g/mol. The Morgan fingerprint density at radius 2 is 1.42 bits per heavy atom. The van der Waals surface area contributed by atoms with Gasteiger partial charge in [-0.25, -0.2) is 0 Å². The van der Waals surface area contributed by atoms with Gasteiger partial charge in [-0.1, -0.05) is 5.11 Å². The van der Waals surface area contributed by atoms with E-state index in [-0.39, 0.29) is 37.6 Å². The molecule has 5 atom stereocenters. The van der Waals surface area contributed by atoms with Gasteiger partial charge in [0, 0.05) is 51.3 Å². The second kappa shape index (κ2) is 21.2. The molecule has 1 fully saturated rings. The van der Waals surface area contributed by atoms with Crippen molar-refractivity contribution in [1.29, 1.82) is 0 Å². The molecule has 1 aromatic rings. The number of benzene rings is 1. The largest absolute Gasteiger partial charge is 0.504 e. The first-order valence-corrected chi connectivity index (χ1v) is 14.7. The van der Waals surface area contributed by atoms with Gasteiger partial charge in [-0.05, 0) is 23.7 Å². The van der Waals surface area contributed by atoms with Crippen molar-refractivity contribution in [3.05, 3.63) is 34.2 Å². The minimum Gasteiger partial charge on any atom is -0.504 e. The van der Waals surface area contributed by atoms with Crippen molar-refractivity contribution < 1.29 is 71.7 Å². The number of nitrogens with one attached hydrogen (secondary N) is 1. The lowest BCUT2D eigenvalue weighted by Crippen LogP contribution is -2.63. The van der Waals surface area contributed by atoms with Crippen LogP contribution < -0.4 is 10.1 Å². The van der Waals surface area contributed by atoms with Crippen LogP contribution >= 0.6 is 0 Å². The molecule has 266 valence electrons. The molecule has 1 aliphatic rings. The SMILES string of the molecule is CC(=O)OC[C@H]1OC(Oc2ccc(C(=O)NCCOCCOCCOCCN=[N+]=[N-])cc2O)[C@H](OC(C)=O)[C@@H](OC(C)=O)[C@H]1OC(C)=O. The predicted octanol–water partition coefficient (Wildman–Crippen LogP) is 0.944. The van der Waals surface area contributed by atoms with Crippen molar-refractivity contribution in [2.75, 3.05) is 59.3 Å². The van der Waals surface area contributed by atoms with Crippen molar-refractivity contribution in [2.24, 2.45) is 5.11 Å². The van der Waals surface area contributed by atoms with Gasteiger partial charge in [0.1, 0.15) is 12.7 Å². The van der Waals surface area contributed by atoms with Gasteiger partial charge in [-0.2, -0.15) is 0 Å². The fourth-order valence-electron chi connectivity index (χ4n) is 4.20. The zero-order valence-corrected chi connectivity index (χ0v) is 27.0. The first-order valence-electron chi connectivity index (χ1n) is 14.7. The Kier molecular flexibility index (Phi) is 17.5. The van der Waals surface area contributed by atoms with E-state index < -0.39 is 72.8 Å². The van der Waals surface area contributed by atoms with Crippen LogP contribution in [0, 0.1) is 0 Å². The lowest BCUT2D eigenvalue weighted by molar-refractivity contribution is -0.288. The Morgan fingerprint density at radius 3 is 2.00 bits per heavy atom. The minimum absolute atomic E-state index is 0.0742. The van der Waals surface area contributed by atoms with Crippen LogP contribution in [-0.4, -0.2) is 125 Å². The molecule has 19 nitrogen and oxygen atoms in total. The van der Waals surface area contributed by atoms with Gasteiger partial charge >= 0.3 is 23.9 Å². The third-order valence-corrected chi connectivity index (χ3v) is 6.09. The van der Waals surface area contributed by atoms with E-state index in [9.17, 15) is 29.1 Å². The number of aromatic hydroxyl groups is 1. The standard InChI is InChI=1S/C29H40N4O15/c1-17(34)43-16-24-25(44-18(2)35)26(45-19(3)36)27(46-20(4)37)29(48-24)47-23-6-5-21(15-22(23)38)28(39)31-7-9-40-11-13-42-14-12-41-10-8-32-33-30/h5-6,15,24-27,29,38H,7-14,16H2,1-4H3,(H,31,39)/t24-,25+,26+,27-,29?/m1/s1. The summed E-state index contributed by atoms with van der Waals surface area (Å²) >= 11 is 0. The number of phenolic OH excluding ortho intramolecular Hbond substituents is 1. The number of esters is 4. The summed E-state index contributed by atoms with van der Waals surface area (Å²) in [6.07, 6.45) is -7.19. The summed E-state index contributed by atoms with van der Waals surface area (Å²) in [6.45, 7) is 6.09. The molecule has 2 rings (SSSR count). The van der Waals surface area contributed by atoms with Crippen LogP contribution in [-0.2, 0) is 57.1 Å². The average Bonchev–Trinajstić information content (AvgIpc) is 3.01. The molecule has 1 saturated heterocycles. The van der Waals surface area contributed by atoms with E-state index in [0.29, 0.717) is 26.4 Å². The predicted molar refractivity (Wildman–Crippen MR) is 159 cm³/mol. The summed E-state index contributed by atoms with van der Waals surface area (Å²) in [7, 11) is 0. The van der Waals surface area contributed by atoms with Crippen LogP contribution in [0.2, 0.25) is 0 Å². The molecule has 1 aliphatic heterocycles. The third kappa shape index (κ3) is 14.4. The number of carbonyl (C=O) groups excluding carboxylic acids is 5. The number of hydrogen-bond donors (Lipinski definition) is 2. The summed E-state index contributed by atoms with van der Waals surface area (Å²) < 4.78 is 48.7. The molecule has 1 heterocycles. The van der Waals surface area contributed by atoms with Crippen LogP contribution in [0.3, 0.4) is 0 Å². The highest BCUT2D eigenvalue weighted by atomic mass is 16.7. The minimum atomic E-state index is -1.58. The molecule has 0 bridgehead atoms. The zero-order chi connectivity index (χ0) is 35.5. The van der Waals surface area contributed by atoms with Gasteiger partial charge < -0.3 is 53.1 Å². The first kappa shape index (κ1) is 39.5. The fraction of sp³-hybridized carbons (Fsp3) is 0.621. The van der Waals surface area contributed by atoms with Crippen molar-refractivity contribution in [3.63, 3.8) is 0 Å². The quantitative estimate of drug-likeness (QED) is 0.0484. The normalized spacial score (nSPS) is 20.0. The number of hydrogen-bond acceptors (Lipinski definition) is 16. The molecule has 2 N–H and O–H groups in total. The third-order valence-electron chi connectivity index (χ3n) is 6.09. The van der Waals surface area contributed by atoms with Crippen LogP contribution in [0.1, 0.15) is 38.1 Å². The van der Waals surface area contributed by atoms with E-state index in [4.69, 9.17) is 48.2 Å². The summed E-state index contributed by atoms with van der Waals surface area (Å²) in [5, 5.41) is 16.7. The Bertz CT molecular complexity index is 1290. The second-order valence-electron chi connectivity index (χ2n) is 9.92. The van der Waals surface area contributed by atoms with E-state index in [1.165, 1.54) is 12.1 Å². The molecular formula is C29H40N4O15. The van der Waals surface area contributed by atoms with E-state index in [1.54, 1.807) is 0 Å². The van der Waals surface area contributed by atoms with E-state index >= 15 is 0 Å². The maximum absolute atomic E-state index is 12.6. The van der Waals surface area contributed by atoms with Crippen LogP contribution in [0.25, 0.3) is 10.4 Å². The molecule has 19 heteroatoms. The molecule has 0 aromatic heterocycles. The number of nitrogens with zero attached hydrogens (tertiary/aromatic N) is 3. The molecule has 0 radical (unpaired) electrons. The topological polar surface area (TPSA) is 249 Å². The number of rotatable bonds is 20. The molecule has 1 unspecified atom stereocenters. The Labute approximate surface area is 275 Å². The second-order valence-corrected chi connectivity index (χ2v) is 9.92. The number of carbonyl (C=O) groups is 5. The average molecular weight is 685 g/mol. The highest BCUT2D eigenvalue weighted by molar-refractivity contribution is 5.94. The Morgan fingerprint density at radius 1 is 0.833 bits per heavy atom. The van der Waals surface area contributed by atoms with E-state index in [0.717, 1.165) is 33.8 Å². The Balaban J connectivity index is 2.01. The van der Waals surface area contributed by atoms with Gasteiger partial charge in [0.25, 0.3) is 5.91 Å².